The minimum atomic E-state index is 0.438. The molecule has 1 nitrogen and oxygen atoms in total. The number of halogens is 2. The Labute approximate surface area is 127 Å². The third-order valence-corrected chi connectivity index (χ3v) is 5.98. The highest BCUT2D eigenvalue weighted by molar-refractivity contribution is 9.10. The first-order valence-corrected chi connectivity index (χ1v) is 8.49. The molecule has 0 bridgehead atoms. The highest BCUT2D eigenvalue weighted by Gasteiger charge is 2.31. The fourth-order valence-electron chi connectivity index (χ4n) is 2.88. The largest absolute Gasteiger partial charge is 0.497 e. The summed E-state index contributed by atoms with van der Waals surface area (Å²) in [5.74, 6) is 0.953. The lowest BCUT2D eigenvalue weighted by molar-refractivity contribution is 0.223. The number of rotatable bonds is 4. The molecule has 1 aliphatic rings. The molecule has 0 N–H and O–H groups in total. The Morgan fingerprint density at radius 1 is 1.22 bits per heavy atom. The monoisotopic (exact) mass is 374 g/mol. The summed E-state index contributed by atoms with van der Waals surface area (Å²) in [5, 5.41) is 1.10. The Morgan fingerprint density at radius 3 is 2.56 bits per heavy atom. The average Bonchev–Trinajstić information content (AvgIpc) is 2.42. The number of methoxy groups -OCH3 is 1. The van der Waals surface area contributed by atoms with E-state index in [-0.39, 0.29) is 0 Å². The fraction of sp³-hybridized carbons (Fsp3) is 0.600. The molecule has 0 amide bonds. The lowest BCUT2D eigenvalue weighted by atomic mass is 9.72. The molecule has 2 rings (SSSR count). The van der Waals surface area contributed by atoms with Gasteiger partial charge in [-0.15, -0.1) is 0 Å². The Bertz CT molecular complexity index is 397. The molecule has 18 heavy (non-hydrogen) atoms. The van der Waals surface area contributed by atoms with Gasteiger partial charge in [-0.05, 0) is 48.4 Å². The minimum absolute atomic E-state index is 0.438. The van der Waals surface area contributed by atoms with E-state index in [1.165, 1.54) is 42.1 Å². The van der Waals surface area contributed by atoms with Crippen molar-refractivity contribution in [2.45, 2.75) is 38.5 Å². The third-order valence-electron chi connectivity index (χ3n) is 4.02. The summed E-state index contributed by atoms with van der Waals surface area (Å²) >= 11 is 7.41. The van der Waals surface area contributed by atoms with E-state index in [0.717, 1.165) is 17.5 Å². The minimum Gasteiger partial charge on any atom is -0.497 e. The molecule has 1 aromatic rings. The summed E-state index contributed by atoms with van der Waals surface area (Å²) in [4.78, 5) is 0. The molecule has 3 heteroatoms. The molecule has 1 aliphatic carbocycles. The number of ether oxygens (including phenoxy) is 1. The van der Waals surface area contributed by atoms with Gasteiger partial charge in [0.15, 0.2) is 0 Å². The van der Waals surface area contributed by atoms with E-state index < -0.39 is 0 Å². The summed E-state index contributed by atoms with van der Waals surface area (Å²) < 4.78 is 6.54. The Hall–Kier alpha value is -0.0200. The molecule has 1 fully saturated rings. The van der Waals surface area contributed by atoms with Crippen LogP contribution in [0, 0.1) is 5.41 Å². The van der Waals surface area contributed by atoms with Gasteiger partial charge in [0.2, 0.25) is 0 Å². The van der Waals surface area contributed by atoms with Crippen LogP contribution in [0.4, 0.5) is 0 Å². The van der Waals surface area contributed by atoms with Gasteiger partial charge in [-0.3, -0.25) is 0 Å². The van der Waals surface area contributed by atoms with Crippen molar-refractivity contribution < 1.29 is 4.74 Å². The van der Waals surface area contributed by atoms with Gasteiger partial charge >= 0.3 is 0 Å². The van der Waals surface area contributed by atoms with Crippen LogP contribution in [0.15, 0.2) is 22.7 Å². The second-order valence-electron chi connectivity index (χ2n) is 5.33. The average molecular weight is 376 g/mol. The maximum Gasteiger partial charge on any atom is 0.119 e. The third kappa shape index (κ3) is 3.30. The van der Waals surface area contributed by atoms with Crippen LogP contribution in [0.25, 0.3) is 0 Å². The summed E-state index contributed by atoms with van der Waals surface area (Å²) in [7, 11) is 1.73. The van der Waals surface area contributed by atoms with Crippen LogP contribution in [0.2, 0.25) is 0 Å². The van der Waals surface area contributed by atoms with E-state index in [2.05, 4.69) is 44.0 Å². The Balaban J connectivity index is 2.20. The molecule has 1 aromatic carbocycles. The van der Waals surface area contributed by atoms with Crippen LogP contribution < -0.4 is 4.74 Å². The summed E-state index contributed by atoms with van der Waals surface area (Å²) in [6.07, 6.45) is 7.94. The van der Waals surface area contributed by atoms with Gasteiger partial charge in [-0.25, -0.2) is 0 Å². The maximum atomic E-state index is 5.33. The van der Waals surface area contributed by atoms with E-state index in [0.29, 0.717) is 5.41 Å². The molecule has 0 spiro atoms. The zero-order chi connectivity index (χ0) is 13.0. The van der Waals surface area contributed by atoms with Crippen LogP contribution in [-0.2, 0) is 6.42 Å². The molecule has 100 valence electrons. The van der Waals surface area contributed by atoms with Crippen LogP contribution in [-0.4, -0.2) is 12.4 Å². The van der Waals surface area contributed by atoms with Crippen LogP contribution >= 0.6 is 31.9 Å². The number of alkyl halides is 1. The molecular weight excluding hydrogens is 356 g/mol. The lowest BCUT2D eigenvalue weighted by Crippen LogP contribution is -2.28. The molecule has 0 aromatic heterocycles. The van der Waals surface area contributed by atoms with Gasteiger partial charge in [0.1, 0.15) is 5.75 Å². The summed E-state index contributed by atoms with van der Waals surface area (Å²) in [5.41, 5.74) is 1.81. The lowest BCUT2D eigenvalue weighted by Gasteiger charge is -2.36. The molecule has 0 unspecified atom stereocenters. The van der Waals surface area contributed by atoms with E-state index in [1.807, 2.05) is 6.07 Å². The zero-order valence-corrected chi connectivity index (χ0v) is 14.0. The topological polar surface area (TPSA) is 9.23 Å². The SMILES string of the molecule is COc1ccc(Br)c(CC2(CBr)CCCCC2)c1. The number of hydrogen-bond donors (Lipinski definition) is 0. The maximum absolute atomic E-state index is 5.33. The quantitative estimate of drug-likeness (QED) is 0.645. The standard InChI is InChI=1S/C15H20Br2O/c1-18-13-5-6-14(17)12(9-13)10-15(11-16)7-3-2-4-8-15/h5-6,9H,2-4,7-8,10-11H2,1H3. The highest BCUT2D eigenvalue weighted by atomic mass is 79.9. The number of benzene rings is 1. The zero-order valence-electron chi connectivity index (χ0n) is 10.8. The van der Waals surface area contributed by atoms with Gasteiger partial charge < -0.3 is 4.74 Å². The smallest absolute Gasteiger partial charge is 0.119 e. The molecular formula is C15H20Br2O. The molecule has 0 radical (unpaired) electrons. The Morgan fingerprint density at radius 2 is 1.94 bits per heavy atom. The van der Waals surface area contributed by atoms with Crippen molar-refractivity contribution in [3.8, 4) is 5.75 Å². The first-order valence-electron chi connectivity index (χ1n) is 6.57. The van der Waals surface area contributed by atoms with Crippen molar-refractivity contribution in [1.82, 2.24) is 0 Å². The molecule has 1 saturated carbocycles. The van der Waals surface area contributed by atoms with E-state index in [9.17, 15) is 0 Å². The normalized spacial score (nSPS) is 18.6. The Kier molecular flexibility index (Phi) is 5.14. The molecule has 0 heterocycles. The van der Waals surface area contributed by atoms with Crippen molar-refractivity contribution in [1.29, 1.82) is 0 Å². The number of hydrogen-bond acceptors (Lipinski definition) is 1. The van der Waals surface area contributed by atoms with Gasteiger partial charge in [0.05, 0.1) is 7.11 Å². The molecule has 0 saturated heterocycles. The summed E-state index contributed by atoms with van der Waals surface area (Å²) in [6.45, 7) is 0. The predicted molar refractivity (Wildman–Crippen MR) is 83.7 cm³/mol. The van der Waals surface area contributed by atoms with Gasteiger partial charge in [-0.1, -0.05) is 51.1 Å². The van der Waals surface area contributed by atoms with Crippen LogP contribution in [0.1, 0.15) is 37.7 Å². The van der Waals surface area contributed by atoms with Crippen LogP contribution in [0.5, 0.6) is 5.75 Å². The van der Waals surface area contributed by atoms with Gasteiger partial charge in [0, 0.05) is 9.80 Å². The fourth-order valence-corrected chi connectivity index (χ4v) is 4.02. The van der Waals surface area contributed by atoms with Gasteiger partial charge in [0.25, 0.3) is 0 Å². The first-order chi connectivity index (χ1) is 8.69. The predicted octanol–water partition coefficient (Wildman–Crippen LogP) is 5.35. The van der Waals surface area contributed by atoms with Crippen LogP contribution in [0.3, 0.4) is 0 Å². The van der Waals surface area contributed by atoms with Crippen molar-refractivity contribution >= 4 is 31.9 Å². The van der Waals surface area contributed by atoms with Gasteiger partial charge in [-0.2, -0.15) is 0 Å². The highest BCUT2D eigenvalue weighted by Crippen LogP contribution is 2.42. The van der Waals surface area contributed by atoms with E-state index in [4.69, 9.17) is 4.74 Å². The van der Waals surface area contributed by atoms with Crippen molar-refractivity contribution in [2.24, 2.45) is 5.41 Å². The second-order valence-corrected chi connectivity index (χ2v) is 6.74. The second kappa shape index (κ2) is 6.42. The van der Waals surface area contributed by atoms with E-state index in [1.54, 1.807) is 7.11 Å². The molecule has 0 aliphatic heterocycles. The van der Waals surface area contributed by atoms with Crippen molar-refractivity contribution in [3.63, 3.8) is 0 Å². The molecule has 0 atom stereocenters. The summed E-state index contributed by atoms with van der Waals surface area (Å²) in [6, 6.07) is 6.28. The van der Waals surface area contributed by atoms with Crippen molar-refractivity contribution in [3.05, 3.63) is 28.2 Å². The van der Waals surface area contributed by atoms with E-state index >= 15 is 0 Å². The first kappa shape index (κ1) is 14.4. The van der Waals surface area contributed by atoms with Crippen molar-refractivity contribution in [2.75, 3.05) is 12.4 Å².